The molecule has 0 spiro atoms. The quantitative estimate of drug-likeness (QED) is 0.677. The highest BCUT2D eigenvalue weighted by Crippen LogP contribution is 2.28. The van der Waals surface area contributed by atoms with Crippen LogP contribution in [-0.4, -0.2) is 25.9 Å². The summed E-state index contributed by atoms with van der Waals surface area (Å²) in [5.41, 5.74) is 0.642. The topological polar surface area (TPSA) is 71.2 Å². The van der Waals surface area contributed by atoms with Gasteiger partial charge in [0.15, 0.2) is 11.6 Å². The zero-order valence-corrected chi connectivity index (χ0v) is 14.7. The molecule has 0 unspecified atom stereocenters. The fourth-order valence-electron chi connectivity index (χ4n) is 2.44. The van der Waals surface area contributed by atoms with Crippen molar-refractivity contribution in [2.24, 2.45) is 7.05 Å². The summed E-state index contributed by atoms with van der Waals surface area (Å²) in [6.45, 7) is 3.79. The van der Waals surface area contributed by atoms with Crippen molar-refractivity contribution in [2.45, 2.75) is 26.6 Å². The average Bonchev–Trinajstić information content (AvgIpc) is 2.93. The van der Waals surface area contributed by atoms with Crippen molar-refractivity contribution in [3.63, 3.8) is 0 Å². The minimum Gasteiger partial charge on any atom is -0.491 e. The largest absolute Gasteiger partial charge is 0.491 e. The van der Waals surface area contributed by atoms with Crippen LogP contribution in [0.1, 0.15) is 19.4 Å². The number of ether oxygens (including phenoxy) is 2. The van der Waals surface area contributed by atoms with Crippen LogP contribution in [-0.2, 0) is 13.7 Å². The van der Waals surface area contributed by atoms with Crippen molar-refractivity contribution in [2.75, 3.05) is 0 Å². The van der Waals surface area contributed by atoms with E-state index in [9.17, 15) is 9.18 Å². The Morgan fingerprint density at radius 2 is 1.81 bits per heavy atom. The first-order valence-electron chi connectivity index (χ1n) is 8.12. The van der Waals surface area contributed by atoms with E-state index in [0.29, 0.717) is 17.0 Å². The van der Waals surface area contributed by atoms with Crippen LogP contribution >= 0.6 is 0 Å². The lowest BCUT2D eigenvalue weighted by Gasteiger charge is -2.17. The minimum atomic E-state index is -0.465. The van der Waals surface area contributed by atoms with Crippen molar-refractivity contribution >= 4 is 0 Å². The Morgan fingerprint density at radius 1 is 1.08 bits per heavy atom. The Labute approximate surface area is 149 Å². The van der Waals surface area contributed by atoms with E-state index in [1.165, 1.54) is 19.2 Å². The molecule has 0 fully saturated rings. The molecule has 0 bridgehead atoms. The molecular weight excluding hydrogens is 339 g/mol. The second-order valence-electron chi connectivity index (χ2n) is 5.94. The Morgan fingerprint density at radius 3 is 2.46 bits per heavy atom. The number of rotatable bonds is 6. The number of benzene rings is 2. The maximum absolute atomic E-state index is 13.9. The fraction of sp³-hybridized carbons (Fsp3) is 0.278. The summed E-state index contributed by atoms with van der Waals surface area (Å²) in [6.07, 6.45) is -0.0870. The molecule has 3 rings (SSSR count). The van der Waals surface area contributed by atoms with Crippen LogP contribution in [0.4, 0.5) is 4.39 Å². The summed E-state index contributed by atoms with van der Waals surface area (Å²) >= 11 is 0. The zero-order chi connectivity index (χ0) is 18.7. The van der Waals surface area contributed by atoms with E-state index in [1.807, 2.05) is 13.8 Å². The van der Waals surface area contributed by atoms with E-state index in [2.05, 4.69) is 10.4 Å². The third-order valence-corrected chi connectivity index (χ3v) is 3.63. The van der Waals surface area contributed by atoms with E-state index in [4.69, 9.17) is 9.47 Å². The lowest BCUT2D eigenvalue weighted by Crippen LogP contribution is -2.23. The molecule has 0 amide bonds. The van der Waals surface area contributed by atoms with E-state index < -0.39 is 11.5 Å². The first kappa shape index (κ1) is 17.7. The van der Waals surface area contributed by atoms with Crippen molar-refractivity contribution in [1.82, 2.24) is 19.8 Å². The lowest BCUT2D eigenvalue weighted by molar-refractivity contribution is 0.228. The number of tetrazole rings is 1. The summed E-state index contributed by atoms with van der Waals surface area (Å²) in [7, 11) is 1.51. The van der Waals surface area contributed by atoms with Crippen LogP contribution in [0.15, 0.2) is 47.3 Å². The third kappa shape index (κ3) is 3.58. The third-order valence-electron chi connectivity index (χ3n) is 3.63. The maximum Gasteiger partial charge on any atom is 0.368 e. The molecule has 7 nitrogen and oxygen atoms in total. The van der Waals surface area contributed by atoms with Gasteiger partial charge in [-0.05, 0) is 48.5 Å². The number of para-hydroxylation sites is 1. The van der Waals surface area contributed by atoms with E-state index in [-0.39, 0.29) is 18.5 Å². The van der Waals surface area contributed by atoms with Crippen LogP contribution in [0.25, 0.3) is 5.69 Å². The predicted molar refractivity (Wildman–Crippen MR) is 93.1 cm³/mol. The normalized spacial score (nSPS) is 11.0. The van der Waals surface area contributed by atoms with Crippen molar-refractivity contribution in [3.05, 3.63) is 64.3 Å². The highest BCUT2D eigenvalue weighted by Gasteiger charge is 2.17. The fourth-order valence-corrected chi connectivity index (χ4v) is 2.44. The van der Waals surface area contributed by atoms with Gasteiger partial charge < -0.3 is 9.47 Å². The average molecular weight is 358 g/mol. The summed E-state index contributed by atoms with van der Waals surface area (Å²) in [5, 5.41) is 7.60. The molecule has 0 aliphatic rings. The summed E-state index contributed by atoms with van der Waals surface area (Å²) in [4.78, 5) is 12.2. The van der Waals surface area contributed by atoms with Gasteiger partial charge in [0, 0.05) is 7.05 Å². The van der Waals surface area contributed by atoms with Gasteiger partial charge in [-0.1, -0.05) is 18.2 Å². The molecule has 8 heteroatoms. The Balaban J connectivity index is 2.03. The molecular formula is C18H19FN4O3. The van der Waals surface area contributed by atoms with Crippen LogP contribution in [0.5, 0.6) is 11.5 Å². The molecule has 0 atom stereocenters. The molecule has 136 valence electrons. The number of halogens is 1. The van der Waals surface area contributed by atoms with Crippen LogP contribution in [0.3, 0.4) is 0 Å². The smallest absolute Gasteiger partial charge is 0.368 e. The Kier molecular flexibility index (Phi) is 5.01. The lowest BCUT2D eigenvalue weighted by atomic mass is 10.1. The van der Waals surface area contributed by atoms with E-state index in [0.717, 1.165) is 9.36 Å². The predicted octanol–water partition coefficient (Wildman–Crippen LogP) is 2.47. The highest BCUT2D eigenvalue weighted by atomic mass is 19.1. The summed E-state index contributed by atoms with van der Waals surface area (Å²) in [6, 6.07) is 11.4. The molecule has 0 aliphatic heterocycles. The van der Waals surface area contributed by atoms with Gasteiger partial charge in [0.2, 0.25) is 0 Å². The zero-order valence-electron chi connectivity index (χ0n) is 14.7. The molecule has 0 N–H and O–H groups in total. The molecule has 1 aromatic heterocycles. The van der Waals surface area contributed by atoms with Gasteiger partial charge in [0.05, 0.1) is 17.4 Å². The number of hydrogen-bond donors (Lipinski definition) is 0. The Hall–Kier alpha value is -3.16. The summed E-state index contributed by atoms with van der Waals surface area (Å²) in [5.74, 6) is 0.184. The van der Waals surface area contributed by atoms with Gasteiger partial charge in [-0.15, -0.1) is 0 Å². The highest BCUT2D eigenvalue weighted by molar-refractivity contribution is 5.49. The number of nitrogens with zero attached hydrogens (tertiary/aromatic N) is 4. The van der Waals surface area contributed by atoms with Gasteiger partial charge in [0.25, 0.3) is 0 Å². The number of hydrogen-bond acceptors (Lipinski definition) is 5. The Bertz CT molecular complexity index is 965. The molecule has 0 aliphatic carbocycles. The van der Waals surface area contributed by atoms with Crippen LogP contribution in [0.2, 0.25) is 0 Å². The van der Waals surface area contributed by atoms with Gasteiger partial charge in [-0.2, -0.15) is 9.36 Å². The number of aryl methyl sites for hydroxylation is 1. The van der Waals surface area contributed by atoms with Crippen LogP contribution in [0, 0.1) is 5.82 Å². The molecule has 0 saturated carbocycles. The van der Waals surface area contributed by atoms with Crippen molar-refractivity contribution in [1.29, 1.82) is 0 Å². The number of aromatic nitrogens is 4. The molecule has 1 heterocycles. The standard InChI is InChI=1S/C18H19FN4O3/c1-12(2)26-16-10-6-8-15(23-18(24)22(3)20-21-23)13(16)11-25-17-9-5-4-7-14(17)19/h4-10,12H,11H2,1-3H3. The molecule has 2 aromatic carbocycles. The van der Waals surface area contributed by atoms with Gasteiger partial charge in [-0.25, -0.2) is 9.18 Å². The monoisotopic (exact) mass is 358 g/mol. The first-order chi connectivity index (χ1) is 12.5. The molecule has 26 heavy (non-hydrogen) atoms. The first-order valence-corrected chi connectivity index (χ1v) is 8.12. The van der Waals surface area contributed by atoms with Gasteiger partial charge in [0.1, 0.15) is 12.4 Å². The molecule has 0 saturated heterocycles. The maximum atomic E-state index is 13.9. The molecule has 0 radical (unpaired) electrons. The van der Waals surface area contributed by atoms with Crippen LogP contribution < -0.4 is 15.2 Å². The van der Waals surface area contributed by atoms with E-state index >= 15 is 0 Å². The SMILES string of the molecule is CC(C)Oc1cccc(-n2nnn(C)c2=O)c1COc1ccccc1F. The van der Waals surface area contributed by atoms with Crippen molar-refractivity contribution in [3.8, 4) is 17.2 Å². The minimum absolute atomic E-state index is 0.00216. The van der Waals surface area contributed by atoms with Gasteiger partial charge >= 0.3 is 5.69 Å². The van der Waals surface area contributed by atoms with E-state index in [1.54, 1.807) is 30.3 Å². The second kappa shape index (κ2) is 7.38. The summed E-state index contributed by atoms with van der Waals surface area (Å²) < 4.78 is 27.6. The molecule has 3 aromatic rings. The van der Waals surface area contributed by atoms with Crippen molar-refractivity contribution < 1.29 is 13.9 Å². The second-order valence-corrected chi connectivity index (χ2v) is 5.94. The van der Waals surface area contributed by atoms with Gasteiger partial charge in [-0.3, -0.25) is 0 Å².